The Morgan fingerprint density at radius 3 is 2.83 bits per heavy atom. The van der Waals surface area contributed by atoms with Gasteiger partial charge in [0.25, 0.3) is 0 Å². The number of fused-ring (bicyclic) bond motifs is 2. The van der Waals surface area contributed by atoms with Gasteiger partial charge in [0.1, 0.15) is 28.0 Å². The predicted octanol–water partition coefficient (Wildman–Crippen LogP) is 4.56. The van der Waals surface area contributed by atoms with Crippen LogP contribution >= 0.6 is 23.1 Å². The maximum absolute atomic E-state index is 12.8. The van der Waals surface area contributed by atoms with E-state index in [0.717, 1.165) is 34.4 Å². The number of esters is 1. The molecule has 2 aromatic carbocycles. The number of carbonyl (C=O) groups excluding carboxylic acids is 1. The first-order valence-electron chi connectivity index (χ1n) is 11.2. The number of ether oxygens (including phenoxy) is 1. The summed E-state index contributed by atoms with van der Waals surface area (Å²) in [5, 5.41) is 11.8. The lowest BCUT2D eigenvalue weighted by atomic mass is 10.1. The third-order valence-corrected chi connectivity index (χ3v) is 8.00. The fourth-order valence-corrected chi connectivity index (χ4v) is 6.07. The fraction of sp³-hybridized carbons (Fsp3) is 0.280. The van der Waals surface area contributed by atoms with Gasteiger partial charge >= 0.3 is 11.6 Å². The Bertz CT molecular complexity index is 1510. The smallest absolute Gasteiger partial charge is 0.336 e. The average molecular weight is 510 g/mol. The number of phenolic OH excluding ortho intramolecular Hbond substituents is 1. The van der Waals surface area contributed by atoms with Crippen LogP contribution in [0, 0.1) is 0 Å². The number of carbonyl (C=O) groups is 1. The third-order valence-electron chi connectivity index (χ3n) is 5.79. The number of nitrogens with zero attached hydrogens (tertiary/aromatic N) is 3. The van der Waals surface area contributed by atoms with Crippen LogP contribution in [0.4, 0.5) is 5.69 Å². The predicted molar refractivity (Wildman–Crippen MR) is 140 cm³/mol. The largest absolute Gasteiger partial charge is 0.508 e. The van der Waals surface area contributed by atoms with E-state index in [1.165, 1.54) is 29.2 Å². The molecule has 35 heavy (non-hydrogen) atoms. The van der Waals surface area contributed by atoms with Crippen LogP contribution < -0.4 is 10.5 Å². The second-order valence-corrected chi connectivity index (χ2v) is 10.0. The van der Waals surface area contributed by atoms with Crippen LogP contribution in [0.1, 0.15) is 24.4 Å². The standard InChI is InChI=1S/C25H23N3O5S2/c1-3-28(4-2)15-5-7-17-14(9-22(30)33-20(17)10-15)12-32-25(31)19-13-34-23(27-19)24-26-18-8-6-16(29)11-21(18)35-24/h5-11,19,29H,3-4,12-13H2,1-2H3/t19-/m1/s1. The van der Waals surface area contributed by atoms with E-state index in [2.05, 4.69) is 28.7 Å². The molecule has 5 rings (SSSR count). The summed E-state index contributed by atoms with van der Waals surface area (Å²) in [6.07, 6.45) is 0. The summed E-state index contributed by atoms with van der Waals surface area (Å²) in [6.45, 7) is 5.77. The molecule has 2 aromatic heterocycles. The summed E-state index contributed by atoms with van der Waals surface area (Å²) < 4.78 is 11.8. The number of hydrogen-bond donors (Lipinski definition) is 1. The van der Waals surface area contributed by atoms with Crippen molar-refractivity contribution in [3.05, 3.63) is 63.5 Å². The molecule has 180 valence electrons. The maximum atomic E-state index is 12.8. The van der Waals surface area contributed by atoms with E-state index in [-0.39, 0.29) is 12.4 Å². The van der Waals surface area contributed by atoms with Gasteiger partial charge in [-0.1, -0.05) is 0 Å². The molecule has 0 saturated heterocycles. The fourth-order valence-electron chi connectivity index (χ4n) is 3.98. The molecule has 0 amide bonds. The van der Waals surface area contributed by atoms with Crippen molar-refractivity contribution < 1.29 is 19.1 Å². The molecule has 1 atom stereocenters. The monoisotopic (exact) mass is 509 g/mol. The number of thioether (sulfide) groups is 1. The van der Waals surface area contributed by atoms with E-state index in [4.69, 9.17) is 9.15 Å². The van der Waals surface area contributed by atoms with Gasteiger partial charge in [0.2, 0.25) is 0 Å². The Balaban J connectivity index is 1.32. The highest BCUT2D eigenvalue weighted by Gasteiger charge is 2.29. The van der Waals surface area contributed by atoms with Gasteiger partial charge in [0, 0.05) is 47.6 Å². The van der Waals surface area contributed by atoms with Crippen molar-refractivity contribution >= 4 is 61.0 Å². The van der Waals surface area contributed by atoms with Crippen LogP contribution in [-0.2, 0) is 16.1 Å². The van der Waals surface area contributed by atoms with Gasteiger partial charge < -0.3 is 19.2 Å². The number of anilines is 1. The van der Waals surface area contributed by atoms with Gasteiger partial charge in [-0.2, -0.15) is 0 Å². The second-order valence-electron chi connectivity index (χ2n) is 7.98. The van der Waals surface area contributed by atoms with Crippen molar-refractivity contribution in [2.75, 3.05) is 23.7 Å². The van der Waals surface area contributed by atoms with Crippen LogP contribution in [0.5, 0.6) is 5.75 Å². The second kappa shape index (κ2) is 9.71. The van der Waals surface area contributed by atoms with Crippen molar-refractivity contribution in [1.29, 1.82) is 0 Å². The minimum atomic E-state index is -0.643. The first kappa shape index (κ1) is 23.4. The van der Waals surface area contributed by atoms with Crippen LogP contribution in [0.25, 0.3) is 21.2 Å². The summed E-state index contributed by atoms with van der Waals surface area (Å²) >= 11 is 2.87. The topological polar surface area (TPSA) is 105 Å². The molecule has 10 heteroatoms. The number of aliphatic imine (C=N–C) groups is 1. The van der Waals surface area contributed by atoms with Crippen molar-refractivity contribution in [2.45, 2.75) is 26.5 Å². The molecule has 0 fully saturated rings. The molecule has 0 spiro atoms. The molecule has 0 saturated carbocycles. The van der Waals surface area contributed by atoms with Gasteiger partial charge in [-0.25, -0.2) is 14.6 Å². The number of aromatic hydroxyl groups is 1. The summed E-state index contributed by atoms with van der Waals surface area (Å²) in [5.74, 6) is 0.189. The van der Waals surface area contributed by atoms with Gasteiger partial charge in [0.15, 0.2) is 6.04 Å². The number of benzene rings is 2. The molecule has 1 aliphatic heterocycles. The molecule has 1 aliphatic rings. The van der Waals surface area contributed by atoms with E-state index in [1.54, 1.807) is 18.2 Å². The van der Waals surface area contributed by atoms with Crippen molar-refractivity contribution in [1.82, 2.24) is 4.98 Å². The van der Waals surface area contributed by atoms with E-state index in [9.17, 15) is 14.7 Å². The van der Waals surface area contributed by atoms with E-state index >= 15 is 0 Å². The van der Waals surface area contributed by atoms with Gasteiger partial charge in [-0.3, -0.25) is 4.99 Å². The highest BCUT2D eigenvalue weighted by Crippen LogP contribution is 2.32. The van der Waals surface area contributed by atoms with Crippen LogP contribution in [-0.4, -0.2) is 46.0 Å². The minimum absolute atomic E-state index is 0.0437. The molecule has 0 aliphatic carbocycles. The molecule has 0 bridgehead atoms. The maximum Gasteiger partial charge on any atom is 0.336 e. The number of phenols is 1. The minimum Gasteiger partial charge on any atom is -0.508 e. The lowest BCUT2D eigenvalue weighted by Gasteiger charge is -2.21. The number of hydrogen-bond acceptors (Lipinski definition) is 10. The summed E-state index contributed by atoms with van der Waals surface area (Å²) in [6, 6.07) is 11.4. The molecular weight excluding hydrogens is 486 g/mol. The average Bonchev–Trinajstić information content (AvgIpc) is 3.50. The summed E-state index contributed by atoms with van der Waals surface area (Å²) in [5.41, 5.74) is 2.31. The van der Waals surface area contributed by atoms with Crippen molar-refractivity contribution in [3.8, 4) is 5.75 Å². The van der Waals surface area contributed by atoms with Gasteiger partial charge in [-0.05, 0) is 44.2 Å². The Kier molecular flexibility index (Phi) is 6.48. The summed E-state index contributed by atoms with van der Waals surface area (Å²) in [7, 11) is 0. The zero-order chi connectivity index (χ0) is 24.5. The molecule has 0 radical (unpaired) electrons. The number of rotatable bonds is 7. The highest BCUT2D eigenvalue weighted by molar-refractivity contribution is 8.15. The normalized spacial score (nSPS) is 15.5. The molecule has 0 unspecified atom stereocenters. The molecular formula is C25H23N3O5S2. The van der Waals surface area contributed by atoms with E-state index in [0.29, 0.717) is 27.0 Å². The lowest BCUT2D eigenvalue weighted by molar-refractivity contribution is -0.145. The Hall–Kier alpha value is -3.37. The van der Waals surface area contributed by atoms with E-state index < -0.39 is 17.6 Å². The highest BCUT2D eigenvalue weighted by atomic mass is 32.2. The SMILES string of the molecule is CCN(CC)c1ccc2c(COC(=O)[C@H]3CSC(c4nc5ccc(O)cc5s4)=N3)cc(=O)oc2c1. The first-order valence-corrected chi connectivity index (χ1v) is 13.0. The Morgan fingerprint density at radius 1 is 1.20 bits per heavy atom. The molecule has 8 nitrogen and oxygen atoms in total. The Labute approximate surface area is 209 Å². The zero-order valence-corrected chi connectivity index (χ0v) is 20.8. The quantitative estimate of drug-likeness (QED) is 0.286. The van der Waals surface area contributed by atoms with Crippen molar-refractivity contribution in [2.24, 2.45) is 4.99 Å². The number of aromatic nitrogens is 1. The molecule has 4 aromatic rings. The summed E-state index contributed by atoms with van der Waals surface area (Å²) in [4.78, 5) is 36.1. The van der Waals surface area contributed by atoms with Crippen molar-refractivity contribution in [3.63, 3.8) is 0 Å². The van der Waals surface area contributed by atoms with Crippen LogP contribution in [0.2, 0.25) is 0 Å². The Morgan fingerprint density at radius 2 is 2.03 bits per heavy atom. The zero-order valence-electron chi connectivity index (χ0n) is 19.2. The van der Waals surface area contributed by atoms with Gasteiger partial charge in [-0.15, -0.1) is 23.1 Å². The molecule has 3 heterocycles. The van der Waals surface area contributed by atoms with E-state index in [1.807, 2.05) is 18.2 Å². The molecule has 1 N–H and O–H groups in total. The number of thiazole rings is 1. The first-order chi connectivity index (χ1) is 16.9. The van der Waals surface area contributed by atoms with Crippen LogP contribution in [0.15, 0.2) is 56.7 Å². The third kappa shape index (κ3) is 4.76. The van der Waals surface area contributed by atoms with Gasteiger partial charge in [0.05, 0.1) is 10.2 Å². The lowest BCUT2D eigenvalue weighted by Crippen LogP contribution is -2.22. The van der Waals surface area contributed by atoms with Crippen LogP contribution in [0.3, 0.4) is 0 Å².